The van der Waals surface area contributed by atoms with Crippen molar-refractivity contribution in [1.29, 1.82) is 0 Å². The van der Waals surface area contributed by atoms with Gasteiger partial charge in [-0.05, 0) is 29.3 Å². The van der Waals surface area contributed by atoms with E-state index in [2.05, 4.69) is 10.4 Å². The minimum atomic E-state index is -0.514. The number of aromatic nitrogens is 2. The first-order chi connectivity index (χ1) is 11.2. The lowest BCUT2D eigenvalue weighted by molar-refractivity contribution is 0.0947. The molecule has 0 unspecified atom stereocenters. The van der Waals surface area contributed by atoms with Crippen molar-refractivity contribution in [3.05, 3.63) is 89.5 Å². The molecule has 4 nitrogen and oxygen atoms in total. The van der Waals surface area contributed by atoms with Gasteiger partial charge in [0.1, 0.15) is 5.82 Å². The minimum absolute atomic E-state index is 0.0582. The molecule has 116 valence electrons. The Balaban J connectivity index is 1.58. The number of nitrogens with zero attached hydrogens (tertiary/aromatic N) is 2. The summed E-state index contributed by atoms with van der Waals surface area (Å²) >= 11 is 0. The van der Waals surface area contributed by atoms with E-state index in [4.69, 9.17) is 0 Å². The molecule has 0 saturated heterocycles. The highest BCUT2D eigenvalue weighted by Gasteiger charge is 2.09. The Kier molecular flexibility index (Phi) is 4.47. The zero-order valence-electron chi connectivity index (χ0n) is 12.4. The van der Waals surface area contributed by atoms with Gasteiger partial charge in [0, 0.05) is 18.9 Å². The number of hydrogen-bond donors (Lipinski definition) is 1. The molecule has 3 aromatic rings. The molecule has 2 aromatic carbocycles. The molecule has 1 N–H and O–H groups in total. The van der Waals surface area contributed by atoms with Crippen molar-refractivity contribution in [3.8, 4) is 0 Å². The molecule has 0 aliphatic rings. The topological polar surface area (TPSA) is 46.9 Å². The third-order valence-electron chi connectivity index (χ3n) is 3.50. The lowest BCUT2D eigenvalue weighted by atomic mass is 10.1. The first-order valence-electron chi connectivity index (χ1n) is 7.30. The minimum Gasteiger partial charge on any atom is -0.348 e. The average molecular weight is 309 g/mol. The summed E-state index contributed by atoms with van der Waals surface area (Å²) in [6.45, 7) is 1.06. The summed E-state index contributed by atoms with van der Waals surface area (Å²) in [6, 6.07) is 15.7. The van der Waals surface area contributed by atoms with E-state index in [-0.39, 0.29) is 5.56 Å². The molecule has 0 saturated carbocycles. The van der Waals surface area contributed by atoms with Crippen LogP contribution in [0.5, 0.6) is 0 Å². The summed E-state index contributed by atoms with van der Waals surface area (Å²) in [4.78, 5) is 12.0. The summed E-state index contributed by atoms with van der Waals surface area (Å²) in [6.07, 6.45) is 3.65. The number of hydrogen-bond acceptors (Lipinski definition) is 2. The standard InChI is InChI=1S/C18H16FN3O/c19-17-5-2-1-4-16(17)18(23)20-12-14-6-8-15(9-7-14)13-22-11-3-10-21-22/h1-11H,12-13H2,(H,20,23). The van der Waals surface area contributed by atoms with Crippen LogP contribution in [0.1, 0.15) is 21.5 Å². The molecule has 1 aromatic heterocycles. The van der Waals surface area contributed by atoms with Crippen LogP contribution in [0.3, 0.4) is 0 Å². The number of halogens is 1. The Labute approximate surface area is 133 Å². The van der Waals surface area contributed by atoms with E-state index in [1.54, 1.807) is 18.3 Å². The van der Waals surface area contributed by atoms with Crippen molar-refractivity contribution in [2.24, 2.45) is 0 Å². The van der Waals surface area contributed by atoms with Gasteiger partial charge < -0.3 is 5.32 Å². The van der Waals surface area contributed by atoms with Crippen molar-refractivity contribution in [2.75, 3.05) is 0 Å². The van der Waals surface area contributed by atoms with Crippen LogP contribution in [-0.4, -0.2) is 15.7 Å². The largest absolute Gasteiger partial charge is 0.348 e. The number of carbonyl (C=O) groups is 1. The Morgan fingerprint density at radius 2 is 1.78 bits per heavy atom. The fraction of sp³-hybridized carbons (Fsp3) is 0.111. The van der Waals surface area contributed by atoms with Crippen LogP contribution >= 0.6 is 0 Å². The van der Waals surface area contributed by atoms with Gasteiger partial charge in [-0.25, -0.2) is 4.39 Å². The van der Waals surface area contributed by atoms with Gasteiger partial charge >= 0.3 is 0 Å². The predicted octanol–water partition coefficient (Wildman–Crippen LogP) is 3.00. The fourth-order valence-electron chi connectivity index (χ4n) is 2.27. The summed E-state index contributed by atoms with van der Waals surface area (Å²) in [5.74, 6) is -0.928. The fourth-order valence-corrected chi connectivity index (χ4v) is 2.27. The van der Waals surface area contributed by atoms with E-state index in [1.165, 1.54) is 12.1 Å². The first kappa shape index (κ1) is 15.0. The third-order valence-corrected chi connectivity index (χ3v) is 3.50. The Bertz CT molecular complexity index is 782. The van der Waals surface area contributed by atoms with Crippen molar-refractivity contribution >= 4 is 5.91 Å². The van der Waals surface area contributed by atoms with E-state index >= 15 is 0 Å². The van der Waals surface area contributed by atoms with E-state index < -0.39 is 11.7 Å². The van der Waals surface area contributed by atoms with E-state index in [0.29, 0.717) is 13.1 Å². The molecule has 0 bridgehead atoms. The molecule has 0 atom stereocenters. The van der Waals surface area contributed by atoms with Crippen LogP contribution in [-0.2, 0) is 13.1 Å². The molecule has 0 radical (unpaired) electrons. The normalized spacial score (nSPS) is 10.5. The molecule has 5 heteroatoms. The number of amides is 1. The van der Waals surface area contributed by atoms with Crippen molar-refractivity contribution in [2.45, 2.75) is 13.1 Å². The van der Waals surface area contributed by atoms with Crippen LogP contribution in [0.2, 0.25) is 0 Å². The summed E-state index contributed by atoms with van der Waals surface area (Å²) in [7, 11) is 0. The Hall–Kier alpha value is -2.95. The smallest absolute Gasteiger partial charge is 0.254 e. The van der Waals surface area contributed by atoms with Crippen LogP contribution in [0.4, 0.5) is 4.39 Å². The van der Waals surface area contributed by atoms with E-state index in [1.807, 2.05) is 41.2 Å². The molecule has 0 aliphatic heterocycles. The van der Waals surface area contributed by atoms with Gasteiger partial charge in [-0.1, -0.05) is 36.4 Å². The van der Waals surface area contributed by atoms with Crippen LogP contribution in [0.15, 0.2) is 67.0 Å². The number of nitrogens with one attached hydrogen (secondary N) is 1. The van der Waals surface area contributed by atoms with Crippen molar-refractivity contribution in [3.63, 3.8) is 0 Å². The third kappa shape index (κ3) is 3.83. The van der Waals surface area contributed by atoms with Gasteiger partial charge in [-0.15, -0.1) is 0 Å². The molecular weight excluding hydrogens is 293 g/mol. The number of rotatable bonds is 5. The van der Waals surface area contributed by atoms with Crippen LogP contribution in [0, 0.1) is 5.82 Å². The number of carbonyl (C=O) groups excluding carboxylic acids is 1. The van der Waals surface area contributed by atoms with Crippen LogP contribution in [0.25, 0.3) is 0 Å². The monoisotopic (exact) mass is 309 g/mol. The zero-order valence-corrected chi connectivity index (χ0v) is 12.4. The van der Waals surface area contributed by atoms with Gasteiger partial charge in [0.05, 0.1) is 12.1 Å². The van der Waals surface area contributed by atoms with E-state index in [9.17, 15) is 9.18 Å². The van der Waals surface area contributed by atoms with Gasteiger partial charge in [0.15, 0.2) is 0 Å². The number of benzene rings is 2. The van der Waals surface area contributed by atoms with Crippen molar-refractivity contribution < 1.29 is 9.18 Å². The molecule has 3 rings (SSSR count). The molecule has 0 aliphatic carbocycles. The molecule has 1 amide bonds. The molecule has 0 fully saturated rings. The zero-order chi connectivity index (χ0) is 16.1. The molecule has 23 heavy (non-hydrogen) atoms. The predicted molar refractivity (Wildman–Crippen MR) is 85.3 cm³/mol. The maximum absolute atomic E-state index is 13.5. The quantitative estimate of drug-likeness (QED) is 0.787. The molecule has 0 spiro atoms. The van der Waals surface area contributed by atoms with E-state index in [0.717, 1.165) is 11.1 Å². The maximum Gasteiger partial charge on any atom is 0.254 e. The Morgan fingerprint density at radius 1 is 1.04 bits per heavy atom. The second kappa shape index (κ2) is 6.87. The second-order valence-electron chi connectivity index (χ2n) is 5.18. The maximum atomic E-state index is 13.5. The SMILES string of the molecule is O=C(NCc1ccc(Cn2cccn2)cc1)c1ccccc1F. The Morgan fingerprint density at radius 3 is 2.48 bits per heavy atom. The van der Waals surface area contributed by atoms with Gasteiger partial charge in [0.25, 0.3) is 5.91 Å². The second-order valence-corrected chi connectivity index (χ2v) is 5.18. The lowest BCUT2D eigenvalue weighted by Gasteiger charge is -2.07. The summed E-state index contributed by atoms with van der Waals surface area (Å²) in [5.41, 5.74) is 2.14. The highest BCUT2D eigenvalue weighted by Crippen LogP contribution is 2.08. The van der Waals surface area contributed by atoms with Crippen LogP contribution < -0.4 is 5.32 Å². The van der Waals surface area contributed by atoms with Crippen molar-refractivity contribution in [1.82, 2.24) is 15.1 Å². The first-order valence-corrected chi connectivity index (χ1v) is 7.30. The average Bonchev–Trinajstić information content (AvgIpc) is 3.07. The molecular formula is C18H16FN3O. The van der Waals surface area contributed by atoms with Gasteiger partial charge in [-0.3, -0.25) is 9.48 Å². The molecule has 1 heterocycles. The highest BCUT2D eigenvalue weighted by molar-refractivity contribution is 5.94. The van der Waals surface area contributed by atoms with Gasteiger partial charge in [-0.2, -0.15) is 5.10 Å². The lowest BCUT2D eigenvalue weighted by Crippen LogP contribution is -2.23. The highest BCUT2D eigenvalue weighted by atomic mass is 19.1. The summed E-state index contributed by atoms with van der Waals surface area (Å²) in [5, 5.41) is 6.88. The van der Waals surface area contributed by atoms with Gasteiger partial charge in [0.2, 0.25) is 0 Å². The summed E-state index contributed by atoms with van der Waals surface area (Å²) < 4.78 is 15.4.